The van der Waals surface area contributed by atoms with Gasteiger partial charge in [-0.25, -0.2) is 4.98 Å². The van der Waals surface area contributed by atoms with Crippen LogP contribution in [0.25, 0.3) is 11.0 Å². The molecule has 178 valence electrons. The molecule has 1 amide bonds. The van der Waals surface area contributed by atoms with Crippen LogP contribution >= 0.6 is 0 Å². The highest BCUT2D eigenvalue weighted by Crippen LogP contribution is 2.42. The Bertz CT molecular complexity index is 1240. The number of pyridine rings is 3. The summed E-state index contributed by atoms with van der Waals surface area (Å²) < 4.78 is 0. The zero-order valence-corrected chi connectivity index (χ0v) is 19.2. The fraction of sp³-hybridized carbons (Fsp3) is 0.375. The number of aromatic nitrogens is 3. The summed E-state index contributed by atoms with van der Waals surface area (Å²) in [6.45, 7) is 6.68. The lowest BCUT2D eigenvalue weighted by Crippen LogP contribution is -2.71. The normalized spacial score (nSPS) is 16.2. The van der Waals surface area contributed by atoms with Crippen molar-refractivity contribution in [3.05, 3.63) is 63.8 Å². The Morgan fingerprint density at radius 1 is 1.21 bits per heavy atom. The fourth-order valence-corrected chi connectivity index (χ4v) is 4.77. The third kappa shape index (κ3) is 4.62. The summed E-state index contributed by atoms with van der Waals surface area (Å²) in [4.78, 5) is 48.6. The first-order valence-corrected chi connectivity index (χ1v) is 11.1. The molecule has 5 rings (SSSR count). The van der Waals surface area contributed by atoms with Crippen molar-refractivity contribution in [2.75, 3.05) is 38.1 Å². The van der Waals surface area contributed by atoms with E-state index in [9.17, 15) is 9.59 Å². The van der Waals surface area contributed by atoms with E-state index < -0.39 is 0 Å². The van der Waals surface area contributed by atoms with E-state index in [0.717, 1.165) is 60.6 Å². The second kappa shape index (κ2) is 9.60. The van der Waals surface area contributed by atoms with Crippen LogP contribution in [0.1, 0.15) is 28.5 Å². The number of nitrogens with one attached hydrogen (secondary N) is 2. The first-order chi connectivity index (χ1) is 16.4. The second-order valence-corrected chi connectivity index (χ2v) is 8.84. The van der Waals surface area contributed by atoms with Crippen LogP contribution in [0, 0.1) is 5.41 Å². The van der Waals surface area contributed by atoms with E-state index in [1.807, 2.05) is 31.3 Å². The summed E-state index contributed by atoms with van der Waals surface area (Å²) in [7, 11) is 1.61. The molecule has 0 aliphatic carbocycles. The lowest BCUT2D eigenvalue weighted by Gasteiger charge is -2.61. The SMILES string of the molecule is CCc1cc2ncc(CN3CC4(C3)CN(c3ccc(C(=O)NC)nc3)C4)cc2[nH]c1=O.O=CO. The van der Waals surface area contributed by atoms with Gasteiger partial charge in [0.05, 0.1) is 22.9 Å². The minimum atomic E-state index is -0.250. The van der Waals surface area contributed by atoms with Gasteiger partial charge in [-0.3, -0.25) is 24.3 Å². The number of fused-ring (bicyclic) bond motifs is 1. The van der Waals surface area contributed by atoms with Crippen LogP contribution in [0.2, 0.25) is 0 Å². The molecule has 3 aromatic heterocycles. The van der Waals surface area contributed by atoms with Crippen molar-refractivity contribution in [2.24, 2.45) is 5.41 Å². The Hall–Kier alpha value is -3.79. The molecule has 0 atom stereocenters. The maximum atomic E-state index is 12.1. The lowest BCUT2D eigenvalue weighted by atomic mass is 9.72. The van der Waals surface area contributed by atoms with Gasteiger partial charge in [0.1, 0.15) is 5.69 Å². The second-order valence-electron chi connectivity index (χ2n) is 8.84. The van der Waals surface area contributed by atoms with Crippen molar-refractivity contribution in [1.29, 1.82) is 0 Å². The molecule has 3 aromatic rings. The van der Waals surface area contributed by atoms with Crippen LogP contribution < -0.4 is 15.8 Å². The van der Waals surface area contributed by atoms with E-state index in [-0.39, 0.29) is 17.9 Å². The molecule has 0 unspecified atom stereocenters. The number of hydrogen-bond acceptors (Lipinski definition) is 7. The van der Waals surface area contributed by atoms with Gasteiger partial charge in [0.2, 0.25) is 0 Å². The molecule has 0 radical (unpaired) electrons. The van der Waals surface area contributed by atoms with Crippen LogP contribution in [0.4, 0.5) is 5.69 Å². The number of hydrogen-bond donors (Lipinski definition) is 3. The Morgan fingerprint density at radius 2 is 1.94 bits per heavy atom. The molecule has 10 heteroatoms. The first kappa shape index (κ1) is 23.4. The van der Waals surface area contributed by atoms with Gasteiger partial charge in [-0.1, -0.05) is 6.92 Å². The molecule has 1 spiro atoms. The number of rotatable bonds is 5. The summed E-state index contributed by atoms with van der Waals surface area (Å²) in [5, 5.41) is 9.48. The highest BCUT2D eigenvalue weighted by atomic mass is 16.3. The van der Waals surface area contributed by atoms with Gasteiger partial charge in [0.25, 0.3) is 17.9 Å². The molecular formula is C24H28N6O4. The Balaban J connectivity index is 0.000000868. The van der Waals surface area contributed by atoms with Gasteiger partial charge in [-0.15, -0.1) is 0 Å². The number of aryl methyl sites for hydroxylation is 1. The summed E-state index contributed by atoms with van der Waals surface area (Å²) in [5.41, 5.74) is 5.35. The van der Waals surface area contributed by atoms with Crippen LogP contribution in [-0.2, 0) is 17.8 Å². The number of carboxylic acid groups (broad SMARTS) is 1. The highest BCUT2D eigenvalue weighted by Gasteiger charge is 2.51. The van der Waals surface area contributed by atoms with Crippen LogP contribution in [0.5, 0.6) is 0 Å². The van der Waals surface area contributed by atoms with Crippen molar-refractivity contribution < 1.29 is 14.7 Å². The maximum Gasteiger partial charge on any atom is 0.290 e. The summed E-state index contributed by atoms with van der Waals surface area (Å²) in [6.07, 6.45) is 4.40. The highest BCUT2D eigenvalue weighted by molar-refractivity contribution is 5.92. The Morgan fingerprint density at radius 3 is 2.56 bits per heavy atom. The van der Waals surface area contributed by atoms with Crippen LogP contribution in [0.3, 0.4) is 0 Å². The van der Waals surface area contributed by atoms with Gasteiger partial charge >= 0.3 is 0 Å². The molecule has 5 heterocycles. The van der Waals surface area contributed by atoms with E-state index in [1.165, 1.54) is 0 Å². The number of carbonyl (C=O) groups excluding carboxylic acids is 1. The minimum absolute atomic E-state index is 0.0238. The van der Waals surface area contributed by atoms with Crippen molar-refractivity contribution in [1.82, 2.24) is 25.2 Å². The Labute approximate surface area is 196 Å². The van der Waals surface area contributed by atoms with Crippen molar-refractivity contribution in [3.8, 4) is 0 Å². The smallest absolute Gasteiger partial charge is 0.290 e. The number of nitrogens with zero attached hydrogens (tertiary/aromatic N) is 4. The number of carbonyl (C=O) groups is 2. The first-order valence-electron chi connectivity index (χ1n) is 11.1. The summed E-state index contributed by atoms with van der Waals surface area (Å²) in [5.74, 6) is -0.167. The predicted octanol–water partition coefficient (Wildman–Crippen LogP) is 1.26. The monoisotopic (exact) mass is 464 g/mol. The van der Waals surface area contributed by atoms with Gasteiger partial charge < -0.3 is 20.3 Å². The van der Waals surface area contributed by atoms with Crippen LogP contribution in [-0.4, -0.2) is 70.6 Å². The molecule has 10 nitrogen and oxygen atoms in total. The standard InChI is InChI=1S/C23H26N6O2.CH2O2/c1-3-16-7-19-20(27-21(16)30)6-15(8-25-19)10-28-11-23(12-28)13-29(14-23)17-4-5-18(26-9-17)22(31)24-2;2-1-3/h4-9H,3,10-14H2,1-2H3,(H,24,31)(H,27,30);1H,(H,2,3). The fourth-order valence-electron chi connectivity index (χ4n) is 4.77. The van der Waals surface area contributed by atoms with Gasteiger partial charge in [0, 0.05) is 56.9 Å². The molecule has 2 saturated heterocycles. The molecule has 2 fully saturated rings. The number of H-pyrrole nitrogens is 1. The van der Waals surface area contributed by atoms with E-state index in [0.29, 0.717) is 17.5 Å². The van der Waals surface area contributed by atoms with E-state index in [2.05, 4.69) is 30.1 Å². The third-order valence-electron chi connectivity index (χ3n) is 6.36. The maximum absolute atomic E-state index is 12.1. The minimum Gasteiger partial charge on any atom is -0.483 e. The number of anilines is 1. The number of aromatic amines is 1. The molecule has 2 aliphatic rings. The predicted molar refractivity (Wildman–Crippen MR) is 128 cm³/mol. The molecule has 34 heavy (non-hydrogen) atoms. The van der Waals surface area contributed by atoms with Gasteiger partial charge in [0.15, 0.2) is 0 Å². The molecule has 2 aliphatic heterocycles. The average Bonchev–Trinajstić information content (AvgIpc) is 2.79. The Kier molecular flexibility index (Phi) is 6.60. The number of amides is 1. The molecule has 0 aromatic carbocycles. The number of likely N-dealkylation sites (tertiary alicyclic amines) is 1. The molecule has 3 N–H and O–H groups in total. The van der Waals surface area contributed by atoms with Crippen molar-refractivity contribution >= 4 is 29.1 Å². The molecule has 0 saturated carbocycles. The summed E-state index contributed by atoms with van der Waals surface area (Å²) >= 11 is 0. The van der Waals surface area contributed by atoms with Gasteiger partial charge in [-0.2, -0.15) is 0 Å². The van der Waals surface area contributed by atoms with E-state index >= 15 is 0 Å². The van der Waals surface area contributed by atoms with Crippen LogP contribution in [0.15, 0.2) is 41.5 Å². The largest absolute Gasteiger partial charge is 0.483 e. The van der Waals surface area contributed by atoms with Crippen molar-refractivity contribution in [2.45, 2.75) is 19.9 Å². The molecule has 0 bridgehead atoms. The summed E-state index contributed by atoms with van der Waals surface area (Å²) in [6, 6.07) is 7.66. The zero-order valence-electron chi connectivity index (χ0n) is 19.2. The third-order valence-corrected chi connectivity index (χ3v) is 6.36. The topological polar surface area (TPSA) is 132 Å². The molecular weight excluding hydrogens is 436 g/mol. The van der Waals surface area contributed by atoms with Crippen molar-refractivity contribution in [3.63, 3.8) is 0 Å². The lowest BCUT2D eigenvalue weighted by molar-refractivity contribution is -0.122. The quantitative estimate of drug-likeness (QED) is 0.481. The van der Waals surface area contributed by atoms with Gasteiger partial charge in [-0.05, 0) is 36.2 Å². The van der Waals surface area contributed by atoms with E-state index in [4.69, 9.17) is 9.90 Å². The zero-order chi connectivity index (χ0) is 24.3. The average molecular weight is 465 g/mol. The van der Waals surface area contributed by atoms with E-state index in [1.54, 1.807) is 19.3 Å².